The zero-order valence-electron chi connectivity index (χ0n) is 10.7. The van der Waals surface area contributed by atoms with E-state index in [-0.39, 0.29) is 5.91 Å². The fourth-order valence-electron chi connectivity index (χ4n) is 1.54. The highest BCUT2D eigenvalue weighted by Crippen LogP contribution is 2.03. The first-order valence-corrected chi connectivity index (χ1v) is 6.15. The summed E-state index contributed by atoms with van der Waals surface area (Å²) < 4.78 is 5.04. The lowest BCUT2D eigenvalue weighted by Gasteiger charge is -2.13. The largest absolute Gasteiger partial charge is 0.465 e. The molecule has 0 unspecified atom stereocenters. The maximum absolute atomic E-state index is 11.6. The molecule has 0 radical (unpaired) electrons. The standard InChI is InChI=1S/C13H19N3O3/c14-8-2-1-5-11(13(15)18)16-12(17)7-6-10-4-3-9-19-10/h3-4,6-7,9,11H,1-2,5,8,14H2,(H2,15,18)(H,16,17)/t11-/m0/s1. The third kappa shape index (κ3) is 5.87. The van der Waals surface area contributed by atoms with Crippen LogP contribution in [-0.4, -0.2) is 24.4 Å². The summed E-state index contributed by atoms with van der Waals surface area (Å²) in [6.45, 7) is 0.553. The van der Waals surface area contributed by atoms with E-state index < -0.39 is 11.9 Å². The summed E-state index contributed by atoms with van der Waals surface area (Å²) >= 11 is 0. The van der Waals surface area contributed by atoms with E-state index in [1.54, 1.807) is 12.1 Å². The molecule has 0 saturated heterocycles. The van der Waals surface area contributed by atoms with Crippen LogP contribution < -0.4 is 16.8 Å². The van der Waals surface area contributed by atoms with E-state index in [1.807, 2.05) is 0 Å². The average Bonchev–Trinajstić information content (AvgIpc) is 2.88. The van der Waals surface area contributed by atoms with E-state index in [0.29, 0.717) is 18.7 Å². The Morgan fingerprint density at radius 2 is 2.21 bits per heavy atom. The molecule has 1 heterocycles. The van der Waals surface area contributed by atoms with Gasteiger partial charge in [0.1, 0.15) is 11.8 Å². The van der Waals surface area contributed by atoms with E-state index in [0.717, 1.165) is 12.8 Å². The summed E-state index contributed by atoms with van der Waals surface area (Å²) in [6, 6.07) is 2.77. The third-order valence-corrected chi connectivity index (χ3v) is 2.55. The van der Waals surface area contributed by atoms with Gasteiger partial charge in [0.15, 0.2) is 0 Å². The number of amides is 2. The number of primary amides is 1. The highest BCUT2D eigenvalue weighted by atomic mass is 16.3. The van der Waals surface area contributed by atoms with Gasteiger partial charge in [-0.15, -0.1) is 0 Å². The minimum atomic E-state index is -0.666. The first kappa shape index (κ1) is 15.0. The number of furan rings is 1. The second-order valence-electron chi connectivity index (χ2n) is 4.10. The van der Waals surface area contributed by atoms with Crippen LogP contribution in [0, 0.1) is 0 Å². The van der Waals surface area contributed by atoms with Crippen LogP contribution in [0.1, 0.15) is 25.0 Å². The Morgan fingerprint density at radius 1 is 1.42 bits per heavy atom. The predicted octanol–water partition coefficient (Wildman–Crippen LogP) is 0.392. The Bertz CT molecular complexity index is 426. The van der Waals surface area contributed by atoms with Crippen LogP contribution in [0.25, 0.3) is 6.08 Å². The molecular formula is C13H19N3O3. The van der Waals surface area contributed by atoms with Crippen molar-refractivity contribution in [1.82, 2.24) is 5.32 Å². The summed E-state index contributed by atoms with van der Waals surface area (Å²) in [6.07, 6.45) is 6.36. The number of rotatable bonds is 8. The van der Waals surface area contributed by atoms with Crippen molar-refractivity contribution in [2.75, 3.05) is 6.54 Å². The molecule has 0 saturated carbocycles. The number of carbonyl (C=O) groups excluding carboxylic acids is 2. The van der Waals surface area contributed by atoms with Crippen molar-refractivity contribution < 1.29 is 14.0 Å². The molecule has 0 aliphatic rings. The quantitative estimate of drug-likeness (QED) is 0.466. The van der Waals surface area contributed by atoms with E-state index in [9.17, 15) is 9.59 Å². The summed E-state index contributed by atoms with van der Waals surface area (Å²) in [7, 11) is 0. The van der Waals surface area contributed by atoms with Crippen LogP contribution >= 0.6 is 0 Å². The average molecular weight is 265 g/mol. The molecular weight excluding hydrogens is 246 g/mol. The third-order valence-electron chi connectivity index (χ3n) is 2.55. The Hall–Kier alpha value is -2.08. The number of nitrogens with one attached hydrogen (secondary N) is 1. The molecule has 0 fully saturated rings. The van der Waals surface area contributed by atoms with Gasteiger partial charge in [0.25, 0.3) is 0 Å². The minimum Gasteiger partial charge on any atom is -0.465 e. The molecule has 6 heteroatoms. The number of carbonyl (C=O) groups is 2. The molecule has 0 bridgehead atoms. The summed E-state index contributed by atoms with van der Waals surface area (Å²) in [5.41, 5.74) is 10.6. The predicted molar refractivity (Wildman–Crippen MR) is 71.8 cm³/mol. The van der Waals surface area contributed by atoms with Crippen LogP contribution in [0.3, 0.4) is 0 Å². The molecule has 1 atom stereocenters. The Kier molecular flexibility index (Phi) is 6.38. The minimum absolute atomic E-state index is 0.382. The lowest BCUT2D eigenvalue weighted by atomic mass is 10.1. The fourth-order valence-corrected chi connectivity index (χ4v) is 1.54. The van der Waals surface area contributed by atoms with Gasteiger partial charge in [-0.2, -0.15) is 0 Å². The molecule has 0 aromatic carbocycles. The van der Waals surface area contributed by atoms with Crippen LogP contribution in [-0.2, 0) is 9.59 Å². The molecule has 0 aliphatic carbocycles. The highest BCUT2D eigenvalue weighted by molar-refractivity contribution is 5.94. The van der Waals surface area contributed by atoms with Gasteiger partial charge in [-0.25, -0.2) is 0 Å². The first-order valence-electron chi connectivity index (χ1n) is 6.15. The van der Waals surface area contributed by atoms with Gasteiger partial charge < -0.3 is 21.2 Å². The van der Waals surface area contributed by atoms with Gasteiger partial charge in [-0.1, -0.05) is 0 Å². The van der Waals surface area contributed by atoms with Gasteiger partial charge in [-0.05, 0) is 44.0 Å². The summed E-state index contributed by atoms with van der Waals surface area (Å²) in [4.78, 5) is 22.8. The SMILES string of the molecule is NCCCC[C@H](NC(=O)C=Cc1ccco1)C(N)=O. The van der Waals surface area contributed by atoms with Crippen molar-refractivity contribution in [2.45, 2.75) is 25.3 Å². The number of hydrogen-bond donors (Lipinski definition) is 3. The van der Waals surface area contributed by atoms with Gasteiger partial charge in [-0.3, -0.25) is 9.59 Å². The molecule has 1 aromatic heterocycles. The maximum Gasteiger partial charge on any atom is 0.244 e. The van der Waals surface area contributed by atoms with Crippen LogP contribution in [0.15, 0.2) is 28.9 Å². The molecule has 0 aliphatic heterocycles. The smallest absolute Gasteiger partial charge is 0.244 e. The highest BCUT2D eigenvalue weighted by Gasteiger charge is 2.16. The topological polar surface area (TPSA) is 111 Å². The van der Waals surface area contributed by atoms with Crippen molar-refractivity contribution in [1.29, 1.82) is 0 Å². The molecule has 19 heavy (non-hydrogen) atoms. The lowest BCUT2D eigenvalue weighted by molar-refractivity contribution is -0.125. The molecule has 1 aromatic rings. The molecule has 5 N–H and O–H groups in total. The van der Waals surface area contributed by atoms with E-state index in [4.69, 9.17) is 15.9 Å². The van der Waals surface area contributed by atoms with Crippen LogP contribution in [0.2, 0.25) is 0 Å². The maximum atomic E-state index is 11.6. The zero-order chi connectivity index (χ0) is 14.1. The van der Waals surface area contributed by atoms with Crippen molar-refractivity contribution >= 4 is 17.9 Å². The number of nitrogens with two attached hydrogens (primary N) is 2. The van der Waals surface area contributed by atoms with Gasteiger partial charge in [0.2, 0.25) is 11.8 Å². The van der Waals surface area contributed by atoms with E-state index in [1.165, 1.54) is 18.4 Å². The Balaban J connectivity index is 2.44. The Morgan fingerprint density at radius 3 is 2.79 bits per heavy atom. The number of unbranched alkanes of at least 4 members (excludes halogenated alkanes) is 1. The van der Waals surface area contributed by atoms with Crippen LogP contribution in [0.4, 0.5) is 0 Å². The summed E-state index contributed by atoms with van der Waals surface area (Å²) in [5, 5.41) is 2.56. The van der Waals surface area contributed by atoms with Crippen LogP contribution in [0.5, 0.6) is 0 Å². The monoisotopic (exact) mass is 265 g/mol. The van der Waals surface area contributed by atoms with E-state index >= 15 is 0 Å². The second kappa shape index (κ2) is 8.10. The molecule has 0 spiro atoms. The fraction of sp³-hybridized carbons (Fsp3) is 0.385. The lowest BCUT2D eigenvalue weighted by Crippen LogP contribution is -2.43. The second-order valence-corrected chi connectivity index (χ2v) is 4.10. The molecule has 1 rings (SSSR count). The molecule has 104 valence electrons. The van der Waals surface area contributed by atoms with Crippen molar-refractivity contribution in [3.8, 4) is 0 Å². The van der Waals surface area contributed by atoms with Crippen molar-refractivity contribution in [3.63, 3.8) is 0 Å². The van der Waals surface area contributed by atoms with Gasteiger partial charge in [0.05, 0.1) is 6.26 Å². The zero-order valence-corrected chi connectivity index (χ0v) is 10.7. The van der Waals surface area contributed by atoms with E-state index in [2.05, 4.69) is 5.32 Å². The summed E-state index contributed by atoms with van der Waals surface area (Å²) in [5.74, 6) is -0.362. The van der Waals surface area contributed by atoms with Crippen molar-refractivity contribution in [2.24, 2.45) is 11.5 Å². The molecule has 6 nitrogen and oxygen atoms in total. The molecule has 2 amide bonds. The van der Waals surface area contributed by atoms with Crippen molar-refractivity contribution in [3.05, 3.63) is 30.2 Å². The Labute approximate surface area is 111 Å². The first-order chi connectivity index (χ1) is 9.13. The normalized spacial score (nSPS) is 12.5. The van der Waals surface area contributed by atoms with Gasteiger partial charge >= 0.3 is 0 Å². The van der Waals surface area contributed by atoms with Gasteiger partial charge in [0, 0.05) is 6.08 Å². The number of hydrogen-bond acceptors (Lipinski definition) is 4.